The van der Waals surface area contributed by atoms with Gasteiger partial charge in [0, 0.05) is 5.41 Å². The summed E-state index contributed by atoms with van der Waals surface area (Å²) in [6.07, 6.45) is 5.50. The lowest BCUT2D eigenvalue weighted by molar-refractivity contribution is 0.0236. The molecular formula is C17H26O2. The van der Waals surface area contributed by atoms with Gasteiger partial charge in [-0.1, -0.05) is 19.8 Å². The highest BCUT2D eigenvalue weighted by Crippen LogP contribution is 2.50. The topological polar surface area (TPSA) is 29.5 Å². The first-order valence-electron chi connectivity index (χ1n) is 7.37. The standard InChI is InChI=1S/C17H26O2/c1-5-17(8-6-7-9-17)16(18)14-10-12(2)15(19-4)13(3)11-14/h10-11,16,18H,5-9H2,1-4H3. The van der Waals surface area contributed by atoms with E-state index in [2.05, 4.69) is 32.9 Å². The number of methoxy groups -OCH3 is 1. The fourth-order valence-corrected chi connectivity index (χ4v) is 3.72. The molecule has 0 heterocycles. The first kappa shape index (κ1) is 14.4. The fraction of sp³-hybridized carbons (Fsp3) is 0.647. The Labute approximate surface area is 116 Å². The highest BCUT2D eigenvalue weighted by atomic mass is 16.5. The summed E-state index contributed by atoms with van der Waals surface area (Å²) in [5.41, 5.74) is 3.37. The van der Waals surface area contributed by atoms with Crippen molar-refractivity contribution in [2.24, 2.45) is 5.41 Å². The Hall–Kier alpha value is -1.02. The van der Waals surface area contributed by atoms with Crippen LogP contribution in [0.3, 0.4) is 0 Å². The van der Waals surface area contributed by atoms with Gasteiger partial charge < -0.3 is 9.84 Å². The van der Waals surface area contributed by atoms with E-state index in [0.717, 1.165) is 41.7 Å². The average molecular weight is 262 g/mol. The van der Waals surface area contributed by atoms with Gasteiger partial charge >= 0.3 is 0 Å². The highest BCUT2D eigenvalue weighted by Gasteiger charge is 2.39. The number of hydrogen-bond acceptors (Lipinski definition) is 2. The van der Waals surface area contributed by atoms with Crippen LogP contribution < -0.4 is 4.74 Å². The quantitative estimate of drug-likeness (QED) is 0.876. The second kappa shape index (κ2) is 5.54. The highest BCUT2D eigenvalue weighted by molar-refractivity contribution is 5.44. The molecule has 106 valence electrons. The lowest BCUT2D eigenvalue weighted by Gasteiger charge is -2.34. The van der Waals surface area contributed by atoms with Gasteiger partial charge in [0.05, 0.1) is 13.2 Å². The van der Waals surface area contributed by atoms with Gasteiger partial charge in [0.2, 0.25) is 0 Å². The Morgan fingerprint density at radius 3 is 2.16 bits per heavy atom. The summed E-state index contributed by atoms with van der Waals surface area (Å²) >= 11 is 0. The van der Waals surface area contributed by atoms with Crippen molar-refractivity contribution in [3.63, 3.8) is 0 Å². The maximum atomic E-state index is 10.8. The molecule has 0 amide bonds. The third-order valence-electron chi connectivity index (χ3n) is 4.89. The van der Waals surface area contributed by atoms with Crippen molar-refractivity contribution in [3.05, 3.63) is 28.8 Å². The van der Waals surface area contributed by atoms with E-state index in [1.54, 1.807) is 7.11 Å². The zero-order valence-corrected chi connectivity index (χ0v) is 12.6. The van der Waals surface area contributed by atoms with Gasteiger partial charge in [0.15, 0.2) is 0 Å². The van der Waals surface area contributed by atoms with E-state index in [0.29, 0.717) is 0 Å². The molecule has 0 spiro atoms. The average Bonchev–Trinajstić information content (AvgIpc) is 2.87. The molecule has 1 aromatic rings. The van der Waals surface area contributed by atoms with Crippen molar-refractivity contribution in [1.82, 2.24) is 0 Å². The zero-order valence-electron chi connectivity index (χ0n) is 12.6. The number of aryl methyl sites for hydroxylation is 2. The predicted molar refractivity (Wildman–Crippen MR) is 78.6 cm³/mol. The minimum Gasteiger partial charge on any atom is -0.496 e. The van der Waals surface area contributed by atoms with Gasteiger partial charge in [-0.15, -0.1) is 0 Å². The zero-order chi connectivity index (χ0) is 14.0. The van der Waals surface area contributed by atoms with Gasteiger partial charge in [-0.3, -0.25) is 0 Å². The molecule has 0 saturated heterocycles. The third-order valence-corrected chi connectivity index (χ3v) is 4.89. The SMILES string of the molecule is CCC1(C(O)c2cc(C)c(OC)c(C)c2)CCCC1. The summed E-state index contributed by atoms with van der Waals surface area (Å²) < 4.78 is 5.41. The Bertz CT molecular complexity index is 422. The molecule has 1 atom stereocenters. The van der Waals surface area contributed by atoms with E-state index < -0.39 is 0 Å². The van der Waals surface area contributed by atoms with Crippen LogP contribution in [0.5, 0.6) is 5.75 Å². The van der Waals surface area contributed by atoms with E-state index in [9.17, 15) is 5.11 Å². The van der Waals surface area contributed by atoms with Crippen LogP contribution in [-0.4, -0.2) is 12.2 Å². The Balaban J connectivity index is 2.36. The molecule has 0 aliphatic heterocycles. The molecule has 1 N–H and O–H groups in total. The number of hydrogen-bond donors (Lipinski definition) is 1. The number of aliphatic hydroxyl groups is 1. The second-order valence-corrected chi connectivity index (χ2v) is 6.01. The van der Waals surface area contributed by atoms with Crippen molar-refractivity contribution >= 4 is 0 Å². The van der Waals surface area contributed by atoms with Crippen molar-refractivity contribution in [3.8, 4) is 5.75 Å². The van der Waals surface area contributed by atoms with E-state index in [4.69, 9.17) is 4.74 Å². The molecule has 2 nitrogen and oxygen atoms in total. The normalized spacial score (nSPS) is 19.4. The molecule has 1 aliphatic rings. The van der Waals surface area contributed by atoms with Crippen molar-refractivity contribution in [2.75, 3.05) is 7.11 Å². The number of rotatable bonds is 4. The molecule has 0 radical (unpaired) electrons. The van der Waals surface area contributed by atoms with Crippen molar-refractivity contribution < 1.29 is 9.84 Å². The molecule has 1 aromatic carbocycles. The molecule has 0 aromatic heterocycles. The minimum absolute atomic E-state index is 0.0907. The maximum Gasteiger partial charge on any atom is 0.124 e. The van der Waals surface area contributed by atoms with E-state index in [1.807, 2.05) is 0 Å². The van der Waals surface area contributed by atoms with E-state index in [1.165, 1.54) is 12.8 Å². The molecule has 1 saturated carbocycles. The molecule has 1 unspecified atom stereocenters. The van der Waals surface area contributed by atoms with Gasteiger partial charge in [-0.25, -0.2) is 0 Å². The number of benzene rings is 1. The van der Waals surface area contributed by atoms with Crippen LogP contribution in [0.4, 0.5) is 0 Å². The van der Waals surface area contributed by atoms with Crippen LogP contribution in [0.25, 0.3) is 0 Å². The minimum atomic E-state index is -0.344. The first-order valence-corrected chi connectivity index (χ1v) is 7.37. The van der Waals surface area contributed by atoms with Crippen LogP contribution in [0, 0.1) is 19.3 Å². The summed E-state index contributed by atoms with van der Waals surface area (Å²) in [6, 6.07) is 4.18. The molecular weight excluding hydrogens is 236 g/mol. The molecule has 2 heteroatoms. The smallest absolute Gasteiger partial charge is 0.124 e. The molecule has 2 rings (SSSR count). The monoisotopic (exact) mass is 262 g/mol. The summed E-state index contributed by atoms with van der Waals surface area (Å²) in [5.74, 6) is 0.938. The van der Waals surface area contributed by atoms with Gasteiger partial charge in [-0.05, 0) is 61.9 Å². The van der Waals surface area contributed by atoms with Crippen molar-refractivity contribution in [2.45, 2.75) is 59.0 Å². The number of aliphatic hydroxyl groups excluding tert-OH is 1. The van der Waals surface area contributed by atoms with Crippen LogP contribution in [0.15, 0.2) is 12.1 Å². The lowest BCUT2D eigenvalue weighted by Crippen LogP contribution is -2.25. The Morgan fingerprint density at radius 1 is 1.21 bits per heavy atom. The van der Waals surface area contributed by atoms with Crippen LogP contribution in [-0.2, 0) is 0 Å². The molecule has 1 aliphatic carbocycles. The van der Waals surface area contributed by atoms with Gasteiger partial charge in [0.25, 0.3) is 0 Å². The van der Waals surface area contributed by atoms with Crippen molar-refractivity contribution in [1.29, 1.82) is 0 Å². The van der Waals surface area contributed by atoms with Crippen LogP contribution in [0.2, 0.25) is 0 Å². The fourth-order valence-electron chi connectivity index (χ4n) is 3.72. The maximum absolute atomic E-state index is 10.8. The molecule has 1 fully saturated rings. The summed E-state index contributed by atoms with van der Waals surface area (Å²) in [6.45, 7) is 6.31. The van der Waals surface area contributed by atoms with E-state index >= 15 is 0 Å². The number of ether oxygens (including phenoxy) is 1. The largest absolute Gasteiger partial charge is 0.496 e. The van der Waals surface area contributed by atoms with Crippen LogP contribution in [0.1, 0.15) is 61.8 Å². The van der Waals surface area contributed by atoms with Crippen LogP contribution >= 0.6 is 0 Å². The Morgan fingerprint density at radius 2 is 1.74 bits per heavy atom. The van der Waals surface area contributed by atoms with Gasteiger partial charge in [-0.2, -0.15) is 0 Å². The first-order chi connectivity index (χ1) is 9.04. The predicted octanol–water partition coefficient (Wildman–Crippen LogP) is 4.32. The third kappa shape index (κ3) is 2.51. The molecule has 19 heavy (non-hydrogen) atoms. The summed E-state index contributed by atoms with van der Waals surface area (Å²) in [5, 5.41) is 10.8. The summed E-state index contributed by atoms with van der Waals surface area (Å²) in [4.78, 5) is 0. The van der Waals surface area contributed by atoms with Gasteiger partial charge in [0.1, 0.15) is 5.75 Å². The second-order valence-electron chi connectivity index (χ2n) is 6.01. The molecule has 0 bridgehead atoms. The summed E-state index contributed by atoms with van der Waals surface area (Å²) in [7, 11) is 1.70. The Kier molecular flexibility index (Phi) is 4.19. The van der Waals surface area contributed by atoms with E-state index in [-0.39, 0.29) is 11.5 Å². The lowest BCUT2D eigenvalue weighted by atomic mass is 9.75.